The van der Waals surface area contributed by atoms with Gasteiger partial charge >= 0.3 is 5.97 Å². The van der Waals surface area contributed by atoms with Crippen LogP contribution >= 0.6 is 0 Å². The van der Waals surface area contributed by atoms with Crippen molar-refractivity contribution in [1.29, 1.82) is 0 Å². The van der Waals surface area contributed by atoms with Crippen molar-refractivity contribution in [3.63, 3.8) is 0 Å². The Morgan fingerprint density at radius 3 is 2.52 bits per heavy atom. The minimum atomic E-state index is -0.991. The van der Waals surface area contributed by atoms with Crippen LogP contribution in [0.2, 0.25) is 0 Å². The Morgan fingerprint density at radius 2 is 1.86 bits per heavy atom. The standard InChI is InChI=1S/C25H36O4/c1-6-22(28)29-25(16(3)26)15(2)13-21-19-8-7-17-14-18(27)9-11-23(17,4)20(19)10-12-24(21,25)5/h14-15,19-21H,6-13H2,1-5H3/t15-,19+,20-,21-,23-,24-,25-/m0/s1. The van der Waals surface area contributed by atoms with E-state index >= 15 is 0 Å². The first kappa shape index (κ1) is 20.8. The van der Waals surface area contributed by atoms with Crippen LogP contribution in [-0.4, -0.2) is 23.1 Å². The van der Waals surface area contributed by atoms with E-state index in [9.17, 15) is 14.4 Å². The highest BCUT2D eigenvalue weighted by atomic mass is 16.6. The van der Waals surface area contributed by atoms with Gasteiger partial charge in [-0.3, -0.25) is 14.4 Å². The van der Waals surface area contributed by atoms with Crippen molar-refractivity contribution in [3.05, 3.63) is 11.6 Å². The predicted molar refractivity (Wildman–Crippen MR) is 111 cm³/mol. The first-order chi connectivity index (χ1) is 13.6. The summed E-state index contributed by atoms with van der Waals surface area (Å²) in [7, 11) is 0. The lowest BCUT2D eigenvalue weighted by Crippen LogP contribution is -2.60. The summed E-state index contributed by atoms with van der Waals surface area (Å²) in [5, 5.41) is 0. The van der Waals surface area contributed by atoms with Crippen LogP contribution in [0.4, 0.5) is 0 Å². The maximum absolute atomic E-state index is 13.1. The van der Waals surface area contributed by atoms with Gasteiger partial charge in [0.15, 0.2) is 17.2 Å². The highest BCUT2D eigenvalue weighted by molar-refractivity contribution is 5.92. The Hall–Kier alpha value is -1.45. The summed E-state index contributed by atoms with van der Waals surface area (Å²) < 4.78 is 6.08. The number of esters is 1. The van der Waals surface area contributed by atoms with E-state index in [1.54, 1.807) is 13.8 Å². The van der Waals surface area contributed by atoms with Gasteiger partial charge in [0.1, 0.15) is 0 Å². The van der Waals surface area contributed by atoms with Crippen LogP contribution in [0, 0.1) is 34.5 Å². The Labute approximate surface area is 174 Å². The molecule has 0 aliphatic heterocycles. The van der Waals surface area contributed by atoms with Crippen molar-refractivity contribution in [2.24, 2.45) is 34.5 Å². The molecule has 3 fully saturated rings. The van der Waals surface area contributed by atoms with Gasteiger partial charge < -0.3 is 4.74 Å². The number of allylic oxidation sites excluding steroid dienone is 1. The smallest absolute Gasteiger partial charge is 0.306 e. The molecule has 0 spiro atoms. The SMILES string of the molecule is CCC(=O)O[C@]1(C(C)=O)[C@@H](C)C[C@H]2[C@@H]3CCC4=CC(=O)CC[C@]4(C)[C@H]3CC[C@@]21C. The largest absolute Gasteiger partial charge is 0.450 e. The van der Waals surface area contributed by atoms with Gasteiger partial charge in [0.25, 0.3) is 0 Å². The zero-order valence-corrected chi connectivity index (χ0v) is 18.7. The minimum Gasteiger partial charge on any atom is -0.450 e. The van der Waals surface area contributed by atoms with Crippen molar-refractivity contribution in [3.8, 4) is 0 Å². The highest BCUT2D eigenvalue weighted by Crippen LogP contribution is 2.69. The molecule has 160 valence electrons. The number of ketones is 2. The lowest BCUT2D eigenvalue weighted by Gasteiger charge is -2.59. The van der Waals surface area contributed by atoms with Crippen molar-refractivity contribution in [2.45, 2.75) is 91.6 Å². The molecule has 0 radical (unpaired) electrons. The quantitative estimate of drug-likeness (QED) is 0.622. The molecule has 4 rings (SSSR count). The summed E-state index contributed by atoms with van der Waals surface area (Å²) in [6.45, 7) is 10.1. The molecule has 0 N–H and O–H groups in total. The van der Waals surface area contributed by atoms with Crippen LogP contribution in [0.25, 0.3) is 0 Å². The second-order valence-electron chi connectivity index (χ2n) is 10.7. The van der Waals surface area contributed by atoms with E-state index in [0.717, 1.165) is 38.5 Å². The molecule has 0 heterocycles. The minimum absolute atomic E-state index is 0.0149. The molecule has 0 aromatic carbocycles. The van der Waals surface area contributed by atoms with Crippen LogP contribution in [-0.2, 0) is 19.1 Å². The summed E-state index contributed by atoms with van der Waals surface area (Å²) in [6.07, 6.45) is 8.84. The lowest BCUT2D eigenvalue weighted by molar-refractivity contribution is -0.194. The molecule has 29 heavy (non-hydrogen) atoms. The van der Waals surface area contributed by atoms with E-state index in [-0.39, 0.29) is 34.3 Å². The van der Waals surface area contributed by atoms with Crippen LogP contribution in [0.15, 0.2) is 11.6 Å². The number of hydrogen-bond acceptors (Lipinski definition) is 4. The van der Waals surface area contributed by atoms with Gasteiger partial charge in [-0.05, 0) is 74.7 Å². The Morgan fingerprint density at radius 1 is 1.14 bits per heavy atom. The van der Waals surface area contributed by atoms with Crippen molar-refractivity contribution in [2.75, 3.05) is 0 Å². The molecule has 4 nitrogen and oxygen atoms in total. The van der Waals surface area contributed by atoms with Gasteiger partial charge in [-0.1, -0.05) is 33.3 Å². The molecule has 3 saturated carbocycles. The van der Waals surface area contributed by atoms with Crippen molar-refractivity contribution >= 4 is 17.5 Å². The monoisotopic (exact) mass is 400 g/mol. The molecule has 0 aromatic heterocycles. The van der Waals surface area contributed by atoms with E-state index in [1.807, 2.05) is 6.08 Å². The Kier molecular flexibility index (Phi) is 4.87. The van der Waals surface area contributed by atoms with Crippen molar-refractivity contribution < 1.29 is 19.1 Å². The third kappa shape index (κ3) is 2.66. The number of carbonyl (C=O) groups excluding carboxylic acids is 3. The van der Waals surface area contributed by atoms with Gasteiger partial charge in [0.2, 0.25) is 0 Å². The third-order valence-corrected chi connectivity index (χ3v) is 9.59. The zero-order chi connectivity index (χ0) is 21.2. The van der Waals surface area contributed by atoms with E-state index < -0.39 is 5.60 Å². The number of carbonyl (C=O) groups is 3. The fourth-order valence-electron chi connectivity index (χ4n) is 8.18. The normalized spacial score (nSPS) is 46.2. The molecular weight excluding hydrogens is 364 g/mol. The van der Waals surface area contributed by atoms with Crippen LogP contribution in [0.3, 0.4) is 0 Å². The van der Waals surface area contributed by atoms with E-state index in [2.05, 4.69) is 20.8 Å². The lowest BCUT2D eigenvalue weighted by atomic mass is 9.46. The average Bonchev–Trinajstić information content (AvgIpc) is 2.90. The number of rotatable bonds is 3. The highest BCUT2D eigenvalue weighted by Gasteiger charge is 2.70. The summed E-state index contributed by atoms with van der Waals surface area (Å²) in [6, 6.07) is 0. The average molecular weight is 401 g/mol. The molecule has 7 atom stereocenters. The van der Waals surface area contributed by atoms with E-state index in [0.29, 0.717) is 30.6 Å². The Bertz CT molecular complexity index is 782. The summed E-state index contributed by atoms with van der Waals surface area (Å²) >= 11 is 0. The number of ether oxygens (including phenoxy) is 1. The fraction of sp³-hybridized carbons (Fsp3) is 0.800. The molecule has 4 heteroatoms. The summed E-state index contributed by atoms with van der Waals surface area (Å²) in [5.74, 6) is 1.57. The van der Waals surface area contributed by atoms with E-state index in [1.165, 1.54) is 5.57 Å². The molecule has 4 aliphatic rings. The molecule has 0 bridgehead atoms. The second-order valence-corrected chi connectivity index (χ2v) is 10.7. The molecule has 0 amide bonds. The van der Waals surface area contributed by atoms with Gasteiger partial charge in [0.05, 0.1) is 0 Å². The maximum Gasteiger partial charge on any atom is 0.306 e. The molecule has 0 saturated heterocycles. The van der Waals surface area contributed by atoms with Crippen LogP contribution in [0.1, 0.15) is 86.0 Å². The zero-order valence-electron chi connectivity index (χ0n) is 18.7. The maximum atomic E-state index is 13.1. The van der Waals surface area contributed by atoms with E-state index in [4.69, 9.17) is 4.74 Å². The number of hydrogen-bond donors (Lipinski definition) is 0. The number of fused-ring (bicyclic) bond motifs is 5. The van der Waals surface area contributed by atoms with Gasteiger partial charge in [-0.25, -0.2) is 0 Å². The molecule has 0 unspecified atom stereocenters. The van der Waals surface area contributed by atoms with Crippen molar-refractivity contribution in [1.82, 2.24) is 0 Å². The third-order valence-electron chi connectivity index (χ3n) is 9.59. The Balaban J connectivity index is 1.73. The molecule has 0 aromatic rings. The molecule has 4 aliphatic carbocycles. The number of Topliss-reactive ketones (excluding diaryl/α,β-unsaturated/α-hetero) is 1. The van der Waals surface area contributed by atoms with Gasteiger partial charge in [-0.15, -0.1) is 0 Å². The van der Waals surface area contributed by atoms with Gasteiger partial charge in [-0.2, -0.15) is 0 Å². The topological polar surface area (TPSA) is 60.4 Å². The van der Waals surface area contributed by atoms with Gasteiger partial charge in [0, 0.05) is 24.2 Å². The predicted octanol–water partition coefficient (Wildman–Crippen LogP) is 5.05. The summed E-state index contributed by atoms with van der Waals surface area (Å²) in [4.78, 5) is 37.5. The first-order valence-corrected chi connectivity index (χ1v) is 11.6. The first-order valence-electron chi connectivity index (χ1n) is 11.6. The second kappa shape index (κ2) is 6.78. The van der Waals surface area contributed by atoms with Crippen LogP contribution < -0.4 is 0 Å². The van der Waals surface area contributed by atoms with Crippen LogP contribution in [0.5, 0.6) is 0 Å². The fourth-order valence-corrected chi connectivity index (χ4v) is 8.18. The molecular formula is C25H36O4. The summed E-state index contributed by atoms with van der Waals surface area (Å²) in [5.41, 5.74) is 0.185.